The zero-order valence-electron chi connectivity index (χ0n) is 14.9. The molecule has 2 aromatic heterocycles. The second-order valence-corrected chi connectivity index (χ2v) is 6.58. The zero-order valence-corrected chi connectivity index (χ0v) is 15.7. The Bertz CT molecular complexity index is 740. The number of rotatable bonds is 8. The Balaban J connectivity index is 1.82. The minimum atomic E-state index is -0.322. The van der Waals surface area contributed by atoms with Gasteiger partial charge in [0, 0.05) is 30.2 Å². The molecule has 0 bridgehead atoms. The second kappa shape index (κ2) is 8.72. The first-order chi connectivity index (χ1) is 11.9. The number of carbonyl (C=O) groups is 2. The standard InChI is InChI=1S/C16H23N5O3S/c1-5-24-15(23)6-13-10-25-16(18-13)19-14(22)9-20(3)8-12-7-17-21(4)11(12)2/h7,10H,5-6,8-9H2,1-4H3,(H,18,19,22). The molecule has 2 rings (SSSR count). The summed E-state index contributed by atoms with van der Waals surface area (Å²) in [6, 6.07) is 0. The van der Waals surface area contributed by atoms with Gasteiger partial charge >= 0.3 is 5.97 Å². The van der Waals surface area contributed by atoms with Crippen LogP contribution < -0.4 is 5.32 Å². The van der Waals surface area contributed by atoms with Gasteiger partial charge in [0.15, 0.2) is 5.13 Å². The van der Waals surface area contributed by atoms with Crippen LogP contribution in [0.1, 0.15) is 23.9 Å². The quantitative estimate of drug-likeness (QED) is 0.711. The molecular weight excluding hydrogens is 342 g/mol. The Labute approximate surface area is 150 Å². The number of aryl methyl sites for hydroxylation is 1. The van der Waals surface area contributed by atoms with Crippen LogP contribution in [0.2, 0.25) is 0 Å². The summed E-state index contributed by atoms with van der Waals surface area (Å²) in [6.45, 7) is 4.97. The molecule has 25 heavy (non-hydrogen) atoms. The molecule has 2 heterocycles. The number of nitrogens with zero attached hydrogens (tertiary/aromatic N) is 4. The lowest BCUT2D eigenvalue weighted by atomic mass is 10.2. The summed E-state index contributed by atoms with van der Waals surface area (Å²) in [5, 5.41) is 9.18. The van der Waals surface area contributed by atoms with E-state index >= 15 is 0 Å². The summed E-state index contributed by atoms with van der Waals surface area (Å²) in [6.07, 6.45) is 1.92. The lowest BCUT2D eigenvalue weighted by molar-refractivity contribution is -0.142. The van der Waals surface area contributed by atoms with Crippen molar-refractivity contribution in [2.45, 2.75) is 26.8 Å². The fourth-order valence-corrected chi connectivity index (χ4v) is 2.98. The Morgan fingerprint density at radius 1 is 1.44 bits per heavy atom. The summed E-state index contributed by atoms with van der Waals surface area (Å²) in [5.74, 6) is -0.474. The molecule has 8 nitrogen and oxygen atoms in total. The normalized spacial score (nSPS) is 10.9. The molecule has 136 valence electrons. The van der Waals surface area contributed by atoms with Crippen LogP contribution >= 0.6 is 11.3 Å². The van der Waals surface area contributed by atoms with Crippen molar-refractivity contribution < 1.29 is 14.3 Å². The monoisotopic (exact) mass is 365 g/mol. The number of nitrogens with one attached hydrogen (secondary N) is 1. The molecule has 0 aliphatic carbocycles. The molecule has 0 aliphatic heterocycles. The van der Waals surface area contributed by atoms with Crippen molar-refractivity contribution in [3.8, 4) is 0 Å². The maximum absolute atomic E-state index is 12.1. The Morgan fingerprint density at radius 2 is 2.20 bits per heavy atom. The average Bonchev–Trinajstić information content (AvgIpc) is 3.08. The first-order valence-electron chi connectivity index (χ1n) is 7.95. The Kier molecular flexibility index (Phi) is 6.65. The van der Waals surface area contributed by atoms with Crippen LogP contribution in [-0.4, -0.2) is 51.7 Å². The van der Waals surface area contributed by atoms with E-state index in [-0.39, 0.29) is 24.8 Å². The summed E-state index contributed by atoms with van der Waals surface area (Å²) in [7, 11) is 3.77. The van der Waals surface area contributed by atoms with E-state index in [0.29, 0.717) is 24.0 Å². The third kappa shape index (κ3) is 5.64. The van der Waals surface area contributed by atoms with Crippen LogP contribution in [0, 0.1) is 6.92 Å². The molecule has 0 atom stereocenters. The van der Waals surface area contributed by atoms with Gasteiger partial charge in [-0.15, -0.1) is 11.3 Å². The van der Waals surface area contributed by atoms with Gasteiger partial charge in [0.05, 0.1) is 31.5 Å². The van der Waals surface area contributed by atoms with E-state index in [2.05, 4.69) is 15.4 Å². The van der Waals surface area contributed by atoms with Gasteiger partial charge in [0.1, 0.15) is 0 Å². The first-order valence-corrected chi connectivity index (χ1v) is 8.83. The van der Waals surface area contributed by atoms with Gasteiger partial charge in [-0.2, -0.15) is 5.10 Å². The van der Waals surface area contributed by atoms with Crippen molar-refractivity contribution in [2.75, 3.05) is 25.5 Å². The average molecular weight is 365 g/mol. The highest BCUT2D eigenvalue weighted by atomic mass is 32.1. The van der Waals surface area contributed by atoms with Gasteiger partial charge in [0.2, 0.25) is 5.91 Å². The van der Waals surface area contributed by atoms with E-state index < -0.39 is 0 Å². The fraction of sp³-hybridized carbons (Fsp3) is 0.500. The predicted molar refractivity (Wildman–Crippen MR) is 95.4 cm³/mol. The van der Waals surface area contributed by atoms with Gasteiger partial charge in [-0.1, -0.05) is 0 Å². The Morgan fingerprint density at radius 3 is 2.84 bits per heavy atom. The molecule has 0 saturated carbocycles. The summed E-state index contributed by atoms with van der Waals surface area (Å²) < 4.78 is 6.69. The molecule has 2 aromatic rings. The molecule has 0 spiro atoms. The molecule has 9 heteroatoms. The first kappa shape index (κ1) is 19.1. The number of thiazole rings is 1. The zero-order chi connectivity index (χ0) is 18.4. The van der Waals surface area contributed by atoms with E-state index in [0.717, 1.165) is 11.3 Å². The van der Waals surface area contributed by atoms with Gasteiger partial charge in [0.25, 0.3) is 0 Å². The fourth-order valence-electron chi connectivity index (χ4n) is 2.26. The van der Waals surface area contributed by atoms with Gasteiger partial charge in [-0.05, 0) is 20.9 Å². The van der Waals surface area contributed by atoms with E-state index in [1.54, 1.807) is 12.3 Å². The number of ether oxygens (including phenoxy) is 1. The number of amides is 1. The third-order valence-electron chi connectivity index (χ3n) is 3.62. The number of anilines is 1. The number of aromatic nitrogens is 3. The van der Waals surface area contributed by atoms with E-state index in [4.69, 9.17) is 4.74 Å². The van der Waals surface area contributed by atoms with Gasteiger partial charge in [-0.3, -0.25) is 19.2 Å². The highest BCUT2D eigenvalue weighted by Crippen LogP contribution is 2.16. The minimum absolute atomic E-state index is 0.112. The van der Waals surface area contributed by atoms with Crippen molar-refractivity contribution in [2.24, 2.45) is 7.05 Å². The number of hydrogen-bond donors (Lipinski definition) is 1. The minimum Gasteiger partial charge on any atom is -0.466 e. The molecule has 0 aliphatic rings. The van der Waals surface area contributed by atoms with Crippen molar-refractivity contribution in [3.63, 3.8) is 0 Å². The number of likely N-dealkylation sites (N-methyl/N-ethyl adjacent to an activating group) is 1. The molecule has 0 fully saturated rings. The number of esters is 1. The molecule has 1 amide bonds. The predicted octanol–water partition coefficient (Wildman–Crippen LogP) is 1.36. The van der Waals surface area contributed by atoms with Crippen molar-refractivity contribution in [1.29, 1.82) is 0 Å². The van der Waals surface area contributed by atoms with Crippen LogP contribution in [0.5, 0.6) is 0 Å². The van der Waals surface area contributed by atoms with Crippen molar-refractivity contribution in [3.05, 3.63) is 28.5 Å². The number of carbonyl (C=O) groups excluding carboxylic acids is 2. The van der Waals surface area contributed by atoms with Crippen LogP contribution in [0.15, 0.2) is 11.6 Å². The lowest BCUT2D eigenvalue weighted by Crippen LogP contribution is -2.30. The molecular formula is C16H23N5O3S. The van der Waals surface area contributed by atoms with E-state index in [1.165, 1.54) is 11.3 Å². The number of hydrogen-bond acceptors (Lipinski definition) is 7. The topological polar surface area (TPSA) is 89.4 Å². The second-order valence-electron chi connectivity index (χ2n) is 5.73. The lowest BCUT2D eigenvalue weighted by Gasteiger charge is -2.15. The smallest absolute Gasteiger partial charge is 0.311 e. The van der Waals surface area contributed by atoms with Crippen molar-refractivity contribution >= 4 is 28.3 Å². The van der Waals surface area contributed by atoms with Crippen LogP contribution in [0.4, 0.5) is 5.13 Å². The largest absolute Gasteiger partial charge is 0.466 e. The molecule has 0 aromatic carbocycles. The summed E-state index contributed by atoms with van der Waals surface area (Å²) >= 11 is 1.29. The van der Waals surface area contributed by atoms with Gasteiger partial charge in [-0.25, -0.2) is 4.98 Å². The van der Waals surface area contributed by atoms with Gasteiger partial charge < -0.3 is 10.1 Å². The molecule has 0 saturated heterocycles. The molecule has 0 unspecified atom stereocenters. The van der Waals surface area contributed by atoms with E-state index in [9.17, 15) is 9.59 Å². The molecule has 0 radical (unpaired) electrons. The summed E-state index contributed by atoms with van der Waals surface area (Å²) in [4.78, 5) is 29.7. The SMILES string of the molecule is CCOC(=O)Cc1csc(NC(=O)CN(C)Cc2cnn(C)c2C)n1. The van der Waals surface area contributed by atoms with Crippen LogP contribution in [0.25, 0.3) is 0 Å². The highest BCUT2D eigenvalue weighted by Gasteiger charge is 2.13. The highest BCUT2D eigenvalue weighted by molar-refractivity contribution is 7.13. The van der Waals surface area contributed by atoms with E-state index in [1.807, 2.05) is 36.8 Å². The van der Waals surface area contributed by atoms with Crippen LogP contribution in [0.3, 0.4) is 0 Å². The molecule has 1 N–H and O–H groups in total. The maximum Gasteiger partial charge on any atom is 0.311 e. The maximum atomic E-state index is 12.1. The third-order valence-corrected chi connectivity index (χ3v) is 4.43. The Hall–Kier alpha value is -2.26. The van der Waals surface area contributed by atoms with Crippen molar-refractivity contribution in [1.82, 2.24) is 19.7 Å². The summed E-state index contributed by atoms with van der Waals surface area (Å²) in [5.41, 5.74) is 2.76. The van der Waals surface area contributed by atoms with Crippen LogP contribution in [-0.2, 0) is 34.3 Å².